The van der Waals surface area contributed by atoms with Crippen LogP contribution in [0.2, 0.25) is 0 Å². The molecule has 0 radical (unpaired) electrons. The predicted octanol–water partition coefficient (Wildman–Crippen LogP) is 3.01. The zero-order chi connectivity index (χ0) is 10.6. The molecule has 13 heavy (non-hydrogen) atoms. The molecule has 80 valence electrons. The van der Waals surface area contributed by atoms with Gasteiger partial charge in [-0.15, -0.1) is 0 Å². The predicted molar refractivity (Wildman–Crippen MR) is 52.2 cm³/mol. The number of hydrogen-bond acceptors (Lipinski definition) is 1. The van der Waals surface area contributed by atoms with E-state index in [9.17, 15) is 8.78 Å². The Hall–Kier alpha value is -0.180. The smallest absolute Gasteiger partial charge is 0.263 e. The summed E-state index contributed by atoms with van der Waals surface area (Å²) < 4.78 is 26.8. The average Bonchev–Trinajstić information content (AvgIpc) is 2.01. The van der Waals surface area contributed by atoms with Crippen LogP contribution in [-0.4, -0.2) is 30.5 Å². The molecule has 1 atom stereocenters. The lowest BCUT2D eigenvalue weighted by Gasteiger charge is -2.30. The molecular formula is C10H21F2N. The van der Waals surface area contributed by atoms with Gasteiger partial charge in [0.25, 0.3) is 5.92 Å². The van der Waals surface area contributed by atoms with Crippen LogP contribution in [0.3, 0.4) is 0 Å². The molecular weight excluding hydrogens is 172 g/mol. The van der Waals surface area contributed by atoms with Gasteiger partial charge in [0.05, 0.1) is 6.54 Å². The van der Waals surface area contributed by atoms with E-state index in [2.05, 4.69) is 0 Å². The fourth-order valence-corrected chi connectivity index (χ4v) is 0.970. The van der Waals surface area contributed by atoms with Crippen LogP contribution in [-0.2, 0) is 0 Å². The van der Waals surface area contributed by atoms with Gasteiger partial charge in [-0.3, -0.25) is 4.90 Å². The Morgan fingerprint density at radius 2 is 1.69 bits per heavy atom. The van der Waals surface area contributed by atoms with E-state index < -0.39 is 11.8 Å². The molecule has 0 aliphatic rings. The first kappa shape index (κ1) is 12.8. The van der Waals surface area contributed by atoms with E-state index in [0.29, 0.717) is 6.42 Å². The van der Waals surface area contributed by atoms with Crippen molar-refractivity contribution in [1.29, 1.82) is 0 Å². The van der Waals surface area contributed by atoms with Gasteiger partial charge in [-0.25, -0.2) is 8.78 Å². The first-order valence-corrected chi connectivity index (χ1v) is 4.89. The molecule has 0 aliphatic carbocycles. The molecule has 0 heterocycles. The van der Waals surface area contributed by atoms with E-state index in [1.165, 1.54) is 0 Å². The van der Waals surface area contributed by atoms with Crippen molar-refractivity contribution in [1.82, 2.24) is 4.90 Å². The largest absolute Gasteiger partial charge is 0.298 e. The van der Waals surface area contributed by atoms with Crippen molar-refractivity contribution < 1.29 is 8.78 Å². The standard InChI is InChI=1S/C10H21F2N/c1-6-9(4)10(11,12)7-13(5)8(2)3/h8-9H,6-7H2,1-5H3/t9-/m1/s1. The van der Waals surface area contributed by atoms with Crippen molar-refractivity contribution in [2.75, 3.05) is 13.6 Å². The molecule has 0 saturated carbocycles. The molecule has 0 unspecified atom stereocenters. The molecule has 0 aromatic heterocycles. The molecule has 0 N–H and O–H groups in total. The van der Waals surface area contributed by atoms with Crippen LogP contribution in [0.5, 0.6) is 0 Å². The third-order valence-electron chi connectivity index (χ3n) is 2.68. The molecule has 1 nitrogen and oxygen atoms in total. The molecule has 0 bridgehead atoms. The minimum Gasteiger partial charge on any atom is -0.298 e. The maximum Gasteiger partial charge on any atom is 0.263 e. The highest BCUT2D eigenvalue weighted by atomic mass is 19.3. The zero-order valence-electron chi connectivity index (χ0n) is 9.27. The highest BCUT2D eigenvalue weighted by Crippen LogP contribution is 2.27. The van der Waals surface area contributed by atoms with E-state index in [1.54, 1.807) is 25.8 Å². The molecule has 0 rings (SSSR count). The second-order valence-corrected chi connectivity index (χ2v) is 4.08. The van der Waals surface area contributed by atoms with Crippen molar-refractivity contribution in [2.45, 2.75) is 46.1 Å². The van der Waals surface area contributed by atoms with Crippen LogP contribution in [0.4, 0.5) is 8.78 Å². The van der Waals surface area contributed by atoms with Crippen LogP contribution >= 0.6 is 0 Å². The fourth-order valence-electron chi connectivity index (χ4n) is 0.970. The van der Waals surface area contributed by atoms with Gasteiger partial charge >= 0.3 is 0 Å². The van der Waals surface area contributed by atoms with Crippen LogP contribution < -0.4 is 0 Å². The van der Waals surface area contributed by atoms with Gasteiger partial charge in [-0.1, -0.05) is 13.8 Å². The molecule has 0 saturated heterocycles. The van der Waals surface area contributed by atoms with Crippen molar-refractivity contribution in [2.24, 2.45) is 5.92 Å². The van der Waals surface area contributed by atoms with Gasteiger partial charge in [-0.05, 0) is 27.3 Å². The monoisotopic (exact) mass is 193 g/mol. The normalized spacial score (nSPS) is 15.5. The fraction of sp³-hybridized carbons (Fsp3) is 1.00. The van der Waals surface area contributed by atoms with Crippen LogP contribution in [0.25, 0.3) is 0 Å². The number of rotatable bonds is 5. The summed E-state index contributed by atoms with van der Waals surface area (Å²) in [5, 5.41) is 0. The van der Waals surface area contributed by atoms with Gasteiger partial charge in [0.15, 0.2) is 0 Å². The molecule has 0 aromatic rings. The van der Waals surface area contributed by atoms with Gasteiger partial charge < -0.3 is 0 Å². The summed E-state index contributed by atoms with van der Waals surface area (Å²) in [5.41, 5.74) is 0. The average molecular weight is 193 g/mol. The SMILES string of the molecule is CC[C@@H](C)C(F)(F)CN(C)C(C)C. The zero-order valence-corrected chi connectivity index (χ0v) is 9.27. The molecule has 0 amide bonds. The molecule has 0 aromatic carbocycles. The summed E-state index contributed by atoms with van der Waals surface area (Å²) >= 11 is 0. The quantitative estimate of drug-likeness (QED) is 0.648. The van der Waals surface area contributed by atoms with E-state index in [-0.39, 0.29) is 12.6 Å². The third-order valence-corrected chi connectivity index (χ3v) is 2.68. The van der Waals surface area contributed by atoms with E-state index >= 15 is 0 Å². The van der Waals surface area contributed by atoms with Gasteiger partial charge in [0.1, 0.15) is 0 Å². The summed E-state index contributed by atoms with van der Waals surface area (Å²) in [6.45, 7) is 7.11. The topological polar surface area (TPSA) is 3.24 Å². The summed E-state index contributed by atoms with van der Waals surface area (Å²) in [6, 6.07) is 0.176. The molecule has 0 aliphatic heterocycles. The summed E-state index contributed by atoms with van der Waals surface area (Å²) in [4.78, 5) is 1.69. The van der Waals surface area contributed by atoms with Crippen molar-refractivity contribution >= 4 is 0 Å². The minimum absolute atomic E-state index is 0.139. The highest BCUT2D eigenvalue weighted by Gasteiger charge is 2.36. The lowest BCUT2D eigenvalue weighted by atomic mass is 10.0. The van der Waals surface area contributed by atoms with Crippen molar-refractivity contribution in [3.8, 4) is 0 Å². The maximum atomic E-state index is 13.4. The Labute approximate surface area is 80.1 Å². The number of nitrogens with zero attached hydrogens (tertiary/aromatic N) is 1. The Morgan fingerprint density at radius 3 is 2.00 bits per heavy atom. The Balaban J connectivity index is 4.15. The molecule has 0 spiro atoms. The lowest BCUT2D eigenvalue weighted by Crippen LogP contribution is -2.41. The van der Waals surface area contributed by atoms with Crippen molar-refractivity contribution in [3.63, 3.8) is 0 Å². The highest BCUT2D eigenvalue weighted by molar-refractivity contribution is 4.77. The summed E-state index contributed by atoms with van der Waals surface area (Å²) in [6.07, 6.45) is 0.527. The second-order valence-electron chi connectivity index (χ2n) is 4.08. The van der Waals surface area contributed by atoms with E-state index in [0.717, 1.165) is 0 Å². The van der Waals surface area contributed by atoms with Gasteiger partial charge in [0, 0.05) is 12.0 Å². The Bertz CT molecular complexity index is 146. The van der Waals surface area contributed by atoms with Crippen molar-refractivity contribution in [3.05, 3.63) is 0 Å². The molecule has 0 fully saturated rings. The summed E-state index contributed by atoms with van der Waals surface area (Å²) in [5.74, 6) is -3.10. The first-order valence-electron chi connectivity index (χ1n) is 4.89. The van der Waals surface area contributed by atoms with Gasteiger partial charge in [-0.2, -0.15) is 0 Å². The summed E-state index contributed by atoms with van der Waals surface area (Å²) in [7, 11) is 1.74. The molecule has 3 heteroatoms. The van der Waals surface area contributed by atoms with Gasteiger partial charge in [0.2, 0.25) is 0 Å². The Morgan fingerprint density at radius 1 is 1.23 bits per heavy atom. The lowest BCUT2D eigenvalue weighted by molar-refractivity contribution is -0.0776. The van der Waals surface area contributed by atoms with E-state index in [1.807, 2.05) is 13.8 Å². The first-order chi connectivity index (χ1) is 5.81. The van der Waals surface area contributed by atoms with Crippen LogP contribution in [0, 0.1) is 5.92 Å². The third kappa shape index (κ3) is 4.03. The number of halogens is 2. The number of hydrogen-bond donors (Lipinski definition) is 0. The van der Waals surface area contributed by atoms with E-state index in [4.69, 9.17) is 0 Å². The number of alkyl halides is 2. The van der Waals surface area contributed by atoms with Crippen LogP contribution in [0.15, 0.2) is 0 Å². The minimum atomic E-state index is -2.56. The van der Waals surface area contributed by atoms with Crippen LogP contribution in [0.1, 0.15) is 34.1 Å². The Kier molecular flexibility index (Phi) is 4.82. The second kappa shape index (κ2) is 4.89. The maximum absolute atomic E-state index is 13.4.